The van der Waals surface area contributed by atoms with E-state index in [9.17, 15) is 0 Å². The standard InChI is InChI=1S/C18H35NO3SSi/c1-13-18(12-19(13)21-15(23)20-16(2,3)4)10-14(11-18)22-24(8,9)17(5,6)7/h13-14H,10-12H2,1-9H3. The maximum Gasteiger partial charge on any atom is 0.372 e. The summed E-state index contributed by atoms with van der Waals surface area (Å²) in [5.41, 5.74) is 0.0197. The van der Waals surface area contributed by atoms with Gasteiger partial charge in [-0.1, -0.05) is 20.8 Å². The van der Waals surface area contributed by atoms with E-state index in [0.29, 0.717) is 17.6 Å². The summed E-state index contributed by atoms with van der Waals surface area (Å²) < 4.78 is 12.1. The van der Waals surface area contributed by atoms with Gasteiger partial charge in [-0.3, -0.25) is 0 Å². The van der Waals surface area contributed by atoms with Crippen LogP contribution in [0.4, 0.5) is 0 Å². The van der Waals surface area contributed by atoms with Crippen molar-refractivity contribution in [1.82, 2.24) is 5.06 Å². The van der Waals surface area contributed by atoms with E-state index >= 15 is 0 Å². The van der Waals surface area contributed by atoms with Gasteiger partial charge in [0, 0.05) is 30.3 Å². The summed E-state index contributed by atoms with van der Waals surface area (Å²) in [5.74, 6) is 0. The largest absolute Gasteiger partial charge is 0.450 e. The van der Waals surface area contributed by atoms with Gasteiger partial charge in [0.1, 0.15) is 5.60 Å². The molecule has 1 aliphatic heterocycles. The molecule has 4 nitrogen and oxygen atoms in total. The number of thiocarbonyl (C=S) groups is 1. The number of rotatable bonds is 3. The molecule has 1 saturated heterocycles. The van der Waals surface area contributed by atoms with E-state index in [1.807, 2.05) is 25.8 Å². The van der Waals surface area contributed by atoms with Gasteiger partial charge in [0.2, 0.25) is 0 Å². The summed E-state index contributed by atoms with van der Waals surface area (Å²) in [6, 6.07) is 0.360. The molecule has 2 fully saturated rings. The SMILES string of the molecule is CC1N(OC(=S)OC(C)(C)C)CC12CC(O[Si](C)(C)C(C)(C)C)C2. The van der Waals surface area contributed by atoms with E-state index in [0.717, 1.165) is 19.4 Å². The van der Waals surface area contributed by atoms with Crippen molar-refractivity contribution in [2.75, 3.05) is 6.54 Å². The molecule has 1 spiro atoms. The predicted octanol–water partition coefficient (Wildman–Crippen LogP) is 4.89. The lowest BCUT2D eigenvalue weighted by atomic mass is 9.58. The van der Waals surface area contributed by atoms with Gasteiger partial charge in [-0.15, -0.1) is 5.06 Å². The Bertz CT molecular complexity index is 489. The molecule has 140 valence electrons. The highest BCUT2D eigenvalue weighted by molar-refractivity contribution is 7.79. The molecule has 0 bridgehead atoms. The molecule has 1 heterocycles. The lowest BCUT2D eigenvalue weighted by molar-refractivity contribution is -0.284. The molecule has 0 amide bonds. The fraction of sp³-hybridized carbons (Fsp3) is 0.944. The minimum atomic E-state index is -1.67. The zero-order valence-corrected chi connectivity index (χ0v) is 18.7. The van der Waals surface area contributed by atoms with E-state index in [1.165, 1.54) is 0 Å². The first-order valence-corrected chi connectivity index (χ1v) is 12.3. The minimum absolute atomic E-state index is 0.220. The molecule has 0 aromatic rings. The molecule has 1 unspecified atom stereocenters. The molecule has 0 radical (unpaired) electrons. The molecule has 1 aliphatic carbocycles. The number of ether oxygens (including phenoxy) is 1. The van der Waals surface area contributed by atoms with Crippen LogP contribution in [0.15, 0.2) is 0 Å². The zero-order valence-electron chi connectivity index (χ0n) is 16.9. The van der Waals surface area contributed by atoms with E-state index in [4.69, 9.17) is 26.2 Å². The van der Waals surface area contributed by atoms with Crippen molar-refractivity contribution in [3.63, 3.8) is 0 Å². The van der Waals surface area contributed by atoms with Crippen LogP contribution in [-0.2, 0) is 14.0 Å². The fourth-order valence-corrected chi connectivity index (χ4v) is 4.94. The third-order valence-corrected chi connectivity index (χ3v) is 10.6. The smallest absolute Gasteiger partial charge is 0.372 e. The molecule has 2 rings (SSSR count). The van der Waals surface area contributed by atoms with Gasteiger partial charge >= 0.3 is 5.24 Å². The van der Waals surface area contributed by atoms with Crippen LogP contribution in [0, 0.1) is 5.41 Å². The summed E-state index contributed by atoms with van der Waals surface area (Å²) in [6.07, 6.45) is 2.68. The Morgan fingerprint density at radius 3 is 2.08 bits per heavy atom. The van der Waals surface area contributed by atoms with Crippen molar-refractivity contribution in [3.05, 3.63) is 0 Å². The number of hydrogen-bond donors (Lipinski definition) is 0. The lowest BCUT2D eigenvalue weighted by Crippen LogP contribution is -2.70. The van der Waals surface area contributed by atoms with Crippen molar-refractivity contribution in [2.45, 2.75) is 97.2 Å². The summed E-state index contributed by atoms with van der Waals surface area (Å²) >= 11 is 5.19. The first-order chi connectivity index (χ1) is 10.7. The highest BCUT2D eigenvalue weighted by Gasteiger charge is 2.60. The van der Waals surface area contributed by atoms with E-state index in [2.05, 4.69) is 40.8 Å². The predicted molar refractivity (Wildman–Crippen MR) is 104 cm³/mol. The van der Waals surface area contributed by atoms with Crippen LogP contribution in [0.1, 0.15) is 61.3 Å². The zero-order chi connectivity index (χ0) is 18.6. The molecular weight excluding hydrogens is 338 g/mol. The topological polar surface area (TPSA) is 30.9 Å². The van der Waals surface area contributed by atoms with Gasteiger partial charge in [-0.05, 0) is 58.7 Å². The highest BCUT2D eigenvalue weighted by Crippen LogP contribution is 2.55. The number of nitrogens with zero attached hydrogens (tertiary/aromatic N) is 1. The number of hydrogen-bond acceptors (Lipinski definition) is 5. The van der Waals surface area contributed by atoms with Gasteiger partial charge in [0.15, 0.2) is 8.32 Å². The Morgan fingerprint density at radius 2 is 1.67 bits per heavy atom. The molecular formula is C18H35NO3SSi. The van der Waals surface area contributed by atoms with Gasteiger partial charge < -0.3 is 14.0 Å². The first kappa shape index (κ1) is 20.1. The molecule has 0 N–H and O–H groups in total. The maximum atomic E-state index is 6.53. The maximum absolute atomic E-state index is 6.53. The Kier molecular flexibility index (Phi) is 5.22. The second kappa shape index (κ2) is 6.22. The summed E-state index contributed by atoms with van der Waals surface area (Å²) in [7, 11) is -1.67. The lowest BCUT2D eigenvalue weighted by Gasteiger charge is -2.63. The molecule has 6 heteroatoms. The molecule has 1 saturated carbocycles. The van der Waals surface area contributed by atoms with Crippen LogP contribution in [0.5, 0.6) is 0 Å². The molecule has 0 aromatic carbocycles. The van der Waals surface area contributed by atoms with Gasteiger partial charge in [0.05, 0.1) is 6.04 Å². The van der Waals surface area contributed by atoms with Crippen LogP contribution < -0.4 is 0 Å². The van der Waals surface area contributed by atoms with Crippen molar-refractivity contribution >= 4 is 25.8 Å². The van der Waals surface area contributed by atoms with E-state index in [1.54, 1.807) is 0 Å². The molecule has 24 heavy (non-hydrogen) atoms. The average molecular weight is 374 g/mol. The second-order valence-electron chi connectivity index (χ2n) is 10.1. The highest BCUT2D eigenvalue weighted by atomic mass is 32.1. The number of hydroxylamine groups is 2. The van der Waals surface area contributed by atoms with Crippen molar-refractivity contribution in [3.8, 4) is 0 Å². The van der Waals surface area contributed by atoms with Crippen molar-refractivity contribution < 1.29 is 14.0 Å². The summed E-state index contributed by atoms with van der Waals surface area (Å²) in [5, 5.41) is 2.45. The molecule has 1 atom stereocenters. The van der Waals surface area contributed by atoms with Gasteiger partial charge in [-0.25, -0.2) is 0 Å². The quantitative estimate of drug-likeness (QED) is 0.519. The van der Waals surface area contributed by atoms with Crippen LogP contribution in [0.2, 0.25) is 18.1 Å². The fourth-order valence-electron chi connectivity index (χ4n) is 3.24. The monoisotopic (exact) mass is 373 g/mol. The van der Waals surface area contributed by atoms with Crippen LogP contribution in [0.25, 0.3) is 0 Å². The molecule has 0 aromatic heterocycles. The Balaban J connectivity index is 1.79. The Labute approximate surface area is 154 Å². The Morgan fingerprint density at radius 1 is 1.12 bits per heavy atom. The summed E-state index contributed by atoms with van der Waals surface area (Å²) in [6.45, 7) is 20.6. The third kappa shape index (κ3) is 4.14. The van der Waals surface area contributed by atoms with Crippen LogP contribution >= 0.6 is 12.2 Å². The van der Waals surface area contributed by atoms with E-state index < -0.39 is 8.32 Å². The van der Waals surface area contributed by atoms with Gasteiger partial charge in [-0.2, -0.15) is 0 Å². The van der Waals surface area contributed by atoms with Gasteiger partial charge in [0.25, 0.3) is 0 Å². The van der Waals surface area contributed by atoms with Crippen LogP contribution in [-0.4, -0.2) is 42.9 Å². The van der Waals surface area contributed by atoms with Crippen molar-refractivity contribution in [2.24, 2.45) is 5.41 Å². The normalized spacial score (nSPS) is 31.4. The average Bonchev–Trinajstić information content (AvgIpc) is 2.30. The summed E-state index contributed by atoms with van der Waals surface area (Å²) in [4.78, 5) is 5.71. The Hall–Kier alpha value is -0.173. The van der Waals surface area contributed by atoms with Crippen LogP contribution in [0.3, 0.4) is 0 Å². The first-order valence-electron chi connectivity index (χ1n) is 9.01. The molecule has 2 aliphatic rings. The van der Waals surface area contributed by atoms with Crippen molar-refractivity contribution in [1.29, 1.82) is 0 Å². The van der Waals surface area contributed by atoms with E-state index in [-0.39, 0.29) is 15.9 Å². The third-order valence-electron chi connectivity index (χ3n) is 5.91. The minimum Gasteiger partial charge on any atom is -0.450 e. The second-order valence-corrected chi connectivity index (χ2v) is 15.2.